The lowest BCUT2D eigenvalue weighted by Gasteiger charge is -2.20. The first-order valence-electron chi connectivity index (χ1n) is 5.01. The van der Waals surface area contributed by atoms with Crippen LogP contribution in [0.25, 0.3) is 0 Å². The van der Waals surface area contributed by atoms with Gasteiger partial charge in [0.2, 0.25) is 0 Å². The molecule has 1 rings (SSSR count). The molecule has 0 amide bonds. The van der Waals surface area contributed by atoms with Crippen LogP contribution in [0.15, 0.2) is 11.6 Å². The van der Waals surface area contributed by atoms with Crippen molar-refractivity contribution in [2.24, 2.45) is 0 Å². The molecule has 13 heavy (non-hydrogen) atoms. The summed E-state index contributed by atoms with van der Waals surface area (Å²) < 4.78 is 0. The van der Waals surface area contributed by atoms with Gasteiger partial charge in [-0.3, -0.25) is 0 Å². The van der Waals surface area contributed by atoms with Gasteiger partial charge in [0.25, 0.3) is 0 Å². The Hall–Kier alpha value is -0.0500. The summed E-state index contributed by atoms with van der Waals surface area (Å²) in [5.74, 6) is 0. The number of halogens is 1. The molecule has 1 saturated carbocycles. The first-order chi connectivity index (χ1) is 6.34. The highest BCUT2D eigenvalue weighted by molar-refractivity contribution is 6.25. The van der Waals surface area contributed by atoms with Crippen LogP contribution in [0, 0.1) is 0 Å². The van der Waals surface area contributed by atoms with Crippen molar-refractivity contribution in [1.82, 2.24) is 5.32 Å². The Labute approximate surface area is 85.0 Å². The van der Waals surface area contributed by atoms with Crippen molar-refractivity contribution in [3.8, 4) is 0 Å². The summed E-state index contributed by atoms with van der Waals surface area (Å²) >= 11 is 5.40. The first-order valence-corrected chi connectivity index (χ1v) is 5.45. The molecule has 2 unspecified atom stereocenters. The molecule has 0 aliphatic heterocycles. The maximum atomic E-state index is 9.73. The van der Waals surface area contributed by atoms with E-state index in [0.29, 0.717) is 0 Å². The van der Waals surface area contributed by atoms with Crippen LogP contribution >= 0.6 is 11.6 Å². The summed E-state index contributed by atoms with van der Waals surface area (Å²) in [5, 5.41) is 13.0. The minimum atomic E-state index is -0.175. The second-order valence-corrected chi connectivity index (χ2v) is 3.83. The molecule has 1 aliphatic carbocycles. The van der Waals surface area contributed by atoms with Gasteiger partial charge < -0.3 is 10.4 Å². The van der Waals surface area contributed by atoms with E-state index in [1.165, 1.54) is 18.4 Å². The molecule has 0 saturated heterocycles. The molecule has 1 fully saturated rings. The lowest BCUT2D eigenvalue weighted by Crippen LogP contribution is -2.39. The fourth-order valence-electron chi connectivity index (χ4n) is 1.79. The normalized spacial score (nSPS) is 30.6. The Bertz CT molecular complexity index is 161. The Morgan fingerprint density at radius 3 is 2.85 bits per heavy atom. The molecular weight excluding hydrogens is 186 g/mol. The van der Waals surface area contributed by atoms with Crippen molar-refractivity contribution in [1.29, 1.82) is 0 Å². The third kappa shape index (κ3) is 4.12. The van der Waals surface area contributed by atoms with Gasteiger partial charge in [-0.05, 0) is 12.8 Å². The highest BCUT2D eigenvalue weighted by atomic mass is 35.5. The first kappa shape index (κ1) is 11.0. The van der Waals surface area contributed by atoms with Crippen LogP contribution in [0.1, 0.15) is 32.1 Å². The Balaban J connectivity index is 2.27. The molecule has 2 nitrogen and oxygen atoms in total. The molecule has 0 aromatic rings. The largest absolute Gasteiger partial charge is 0.392 e. The fraction of sp³-hybridized carbons (Fsp3) is 0.800. The monoisotopic (exact) mass is 203 g/mol. The SMILES string of the molecule is OC1CCCCCC1NC/C=C/Cl. The molecule has 0 heterocycles. The molecular formula is C10H18ClNO. The van der Waals surface area contributed by atoms with Crippen LogP contribution in [0.5, 0.6) is 0 Å². The van der Waals surface area contributed by atoms with E-state index in [2.05, 4.69) is 5.32 Å². The third-order valence-corrected chi connectivity index (χ3v) is 2.74. The van der Waals surface area contributed by atoms with Gasteiger partial charge in [0.15, 0.2) is 0 Å². The number of hydrogen-bond acceptors (Lipinski definition) is 2. The van der Waals surface area contributed by atoms with Crippen molar-refractivity contribution in [3.05, 3.63) is 11.6 Å². The molecule has 2 atom stereocenters. The minimum absolute atomic E-state index is 0.175. The molecule has 0 spiro atoms. The van der Waals surface area contributed by atoms with Crippen LogP contribution in [0.3, 0.4) is 0 Å². The van der Waals surface area contributed by atoms with E-state index in [1.807, 2.05) is 6.08 Å². The summed E-state index contributed by atoms with van der Waals surface area (Å²) in [5.41, 5.74) is 1.51. The molecule has 1 aliphatic rings. The maximum Gasteiger partial charge on any atom is 0.0693 e. The number of nitrogens with one attached hydrogen (secondary N) is 1. The Kier molecular flexibility index (Phi) is 5.44. The number of aliphatic hydroxyl groups is 1. The van der Waals surface area contributed by atoms with Crippen molar-refractivity contribution in [3.63, 3.8) is 0 Å². The highest BCUT2D eigenvalue weighted by Gasteiger charge is 2.19. The Morgan fingerprint density at radius 1 is 1.31 bits per heavy atom. The van der Waals surface area contributed by atoms with Gasteiger partial charge in [0, 0.05) is 18.1 Å². The zero-order chi connectivity index (χ0) is 9.52. The van der Waals surface area contributed by atoms with Gasteiger partial charge in [-0.25, -0.2) is 0 Å². The van der Waals surface area contributed by atoms with Gasteiger partial charge in [-0.15, -0.1) is 0 Å². The zero-order valence-electron chi connectivity index (χ0n) is 7.88. The number of hydrogen-bond donors (Lipinski definition) is 2. The van der Waals surface area contributed by atoms with Crippen molar-refractivity contribution < 1.29 is 5.11 Å². The van der Waals surface area contributed by atoms with E-state index in [4.69, 9.17) is 11.6 Å². The lowest BCUT2D eigenvalue weighted by molar-refractivity contribution is 0.122. The predicted octanol–water partition coefficient (Wildman–Crippen LogP) is 2.02. The predicted molar refractivity (Wildman–Crippen MR) is 55.9 cm³/mol. The second-order valence-electron chi connectivity index (χ2n) is 3.58. The summed E-state index contributed by atoms with van der Waals surface area (Å²) in [6, 6.07) is 0.260. The molecule has 0 bridgehead atoms. The van der Waals surface area contributed by atoms with E-state index < -0.39 is 0 Å². The van der Waals surface area contributed by atoms with E-state index in [1.54, 1.807) is 0 Å². The number of rotatable bonds is 3. The van der Waals surface area contributed by atoms with Crippen LogP contribution in [-0.2, 0) is 0 Å². The van der Waals surface area contributed by atoms with Crippen LogP contribution < -0.4 is 5.32 Å². The van der Waals surface area contributed by atoms with E-state index in [-0.39, 0.29) is 12.1 Å². The minimum Gasteiger partial charge on any atom is -0.392 e. The molecule has 0 aromatic carbocycles. The zero-order valence-corrected chi connectivity index (χ0v) is 8.63. The van der Waals surface area contributed by atoms with Gasteiger partial charge >= 0.3 is 0 Å². The van der Waals surface area contributed by atoms with E-state index in [9.17, 15) is 5.11 Å². The standard InChI is InChI=1S/C10H18ClNO/c11-7-4-8-12-9-5-2-1-3-6-10(9)13/h4,7,9-10,12-13H,1-3,5-6,8H2/b7-4+. The van der Waals surface area contributed by atoms with Gasteiger partial charge in [0.05, 0.1) is 6.10 Å². The third-order valence-electron chi connectivity index (χ3n) is 2.57. The quantitative estimate of drug-likeness (QED) is 0.688. The highest BCUT2D eigenvalue weighted by Crippen LogP contribution is 2.17. The fourth-order valence-corrected chi connectivity index (χ4v) is 1.88. The molecule has 0 radical (unpaired) electrons. The maximum absolute atomic E-state index is 9.73. The van der Waals surface area contributed by atoms with Crippen molar-refractivity contribution >= 4 is 11.6 Å². The molecule has 76 valence electrons. The summed E-state index contributed by atoms with van der Waals surface area (Å²) in [7, 11) is 0. The van der Waals surface area contributed by atoms with Crippen molar-refractivity contribution in [2.75, 3.05) is 6.54 Å². The molecule has 2 N–H and O–H groups in total. The van der Waals surface area contributed by atoms with Gasteiger partial charge in [-0.1, -0.05) is 36.9 Å². The van der Waals surface area contributed by atoms with Crippen LogP contribution in [0.4, 0.5) is 0 Å². The smallest absolute Gasteiger partial charge is 0.0693 e. The van der Waals surface area contributed by atoms with Gasteiger partial charge in [0.1, 0.15) is 0 Å². The van der Waals surface area contributed by atoms with Crippen LogP contribution in [-0.4, -0.2) is 23.8 Å². The van der Waals surface area contributed by atoms with Crippen LogP contribution in [0.2, 0.25) is 0 Å². The lowest BCUT2D eigenvalue weighted by atomic mass is 10.1. The number of aliphatic hydroxyl groups excluding tert-OH is 1. The molecule has 3 heteroatoms. The summed E-state index contributed by atoms with van der Waals surface area (Å²) in [4.78, 5) is 0. The summed E-state index contributed by atoms with van der Waals surface area (Å²) in [6.07, 6.45) is 7.33. The van der Waals surface area contributed by atoms with E-state index >= 15 is 0 Å². The van der Waals surface area contributed by atoms with Gasteiger partial charge in [-0.2, -0.15) is 0 Å². The summed E-state index contributed by atoms with van der Waals surface area (Å²) in [6.45, 7) is 0.755. The average molecular weight is 204 g/mol. The van der Waals surface area contributed by atoms with Crippen molar-refractivity contribution in [2.45, 2.75) is 44.2 Å². The van der Waals surface area contributed by atoms with E-state index in [0.717, 1.165) is 25.8 Å². The second kappa shape index (κ2) is 6.41. The Morgan fingerprint density at radius 2 is 2.08 bits per heavy atom. The average Bonchev–Trinajstić information content (AvgIpc) is 2.32. The topological polar surface area (TPSA) is 32.3 Å². The molecule has 0 aromatic heterocycles.